The molecule has 0 bridgehead atoms. The van der Waals surface area contributed by atoms with Gasteiger partial charge in [-0.15, -0.1) is 0 Å². The van der Waals surface area contributed by atoms with E-state index in [0.717, 1.165) is 19.5 Å². The van der Waals surface area contributed by atoms with Crippen molar-refractivity contribution >= 4 is 23.1 Å². The van der Waals surface area contributed by atoms with Gasteiger partial charge in [0.1, 0.15) is 0 Å². The fraction of sp³-hybridized carbons (Fsp3) is 0.438. The van der Waals surface area contributed by atoms with E-state index in [9.17, 15) is 0 Å². The first-order valence-corrected chi connectivity index (χ1v) is 8.31. The molecule has 1 atom stereocenters. The van der Waals surface area contributed by atoms with Gasteiger partial charge in [0.25, 0.3) is 0 Å². The van der Waals surface area contributed by atoms with Crippen LogP contribution in [-0.4, -0.2) is 48.3 Å². The van der Waals surface area contributed by atoms with E-state index in [0.29, 0.717) is 6.04 Å². The molecule has 0 N–H and O–H groups in total. The summed E-state index contributed by atoms with van der Waals surface area (Å²) in [6.07, 6.45) is 9.00. The molecule has 0 saturated carbocycles. The van der Waals surface area contributed by atoms with Gasteiger partial charge in [-0.05, 0) is 59.5 Å². The van der Waals surface area contributed by atoms with Gasteiger partial charge in [-0.2, -0.15) is 16.4 Å². The molecular weight excluding hydrogens is 266 g/mol. The number of hydrogen-bond donors (Lipinski definition) is 0. The molecule has 1 aromatic rings. The number of thiophene rings is 1. The molecule has 0 amide bonds. The Morgan fingerprint density at radius 1 is 1.25 bits per heavy atom. The Morgan fingerprint density at radius 3 is 2.95 bits per heavy atom. The lowest BCUT2D eigenvalue weighted by Crippen LogP contribution is -2.43. The van der Waals surface area contributed by atoms with E-state index in [4.69, 9.17) is 0 Å². The Hall–Kier alpha value is -1.39. The van der Waals surface area contributed by atoms with Gasteiger partial charge in [-0.25, -0.2) is 0 Å². The van der Waals surface area contributed by atoms with E-state index in [2.05, 4.69) is 44.0 Å². The van der Waals surface area contributed by atoms with Crippen molar-refractivity contribution in [3.05, 3.63) is 40.1 Å². The van der Waals surface area contributed by atoms with Crippen molar-refractivity contribution in [2.75, 3.05) is 26.2 Å². The monoisotopic (exact) mass is 285 g/mol. The highest BCUT2D eigenvalue weighted by Gasteiger charge is 2.29. The topological polar surface area (TPSA) is 18.8 Å². The van der Waals surface area contributed by atoms with Crippen LogP contribution in [0.2, 0.25) is 0 Å². The standard InChI is InChI=1S/C16H19N3S/c1-5-18(6-1)7-8-19-16-10-13(15-4-9-20-12-15)2-3-14(16)11-17-19/h2-4,9,11-12,16H,1,5-8,10H2. The molecule has 3 nitrogen and oxygen atoms in total. The van der Waals surface area contributed by atoms with Crippen molar-refractivity contribution in [1.82, 2.24) is 9.91 Å². The van der Waals surface area contributed by atoms with Gasteiger partial charge in [0.05, 0.1) is 12.3 Å². The van der Waals surface area contributed by atoms with E-state index >= 15 is 0 Å². The van der Waals surface area contributed by atoms with E-state index in [1.807, 2.05) is 6.21 Å². The van der Waals surface area contributed by atoms with Crippen LogP contribution in [0.1, 0.15) is 18.4 Å². The largest absolute Gasteiger partial charge is 0.301 e. The van der Waals surface area contributed by atoms with Gasteiger partial charge >= 0.3 is 0 Å². The molecule has 1 unspecified atom stereocenters. The molecule has 3 aliphatic rings. The van der Waals surface area contributed by atoms with Crippen molar-refractivity contribution in [2.45, 2.75) is 18.9 Å². The third-order valence-corrected chi connectivity index (χ3v) is 5.16. The summed E-state index contributed by atoms with van der Waals surface area (Å²) in [6.45, 7) is 4.74. The molecule has 1 aliphatic carbocycles. The van der Waals surface area contributed by atoms with E-state index in [-0.39, 0.29) is 0 Å². The number of rotatable bonds is 4. The minimum atomic E-state index is 0.455. The molecule has 0 radical (unpaired) electrons. The highest BCUT2D eigenvalue weighted by molar-refractivity contribution is 7.08. The lowest BCUT2D eigenvalue weighted by atomic mass is 9.91. The number of nitrogens with zero attached hydrogens (tertiary/aromatic N) is 3. The smallest absolute Gasteiger partial charge is 0.0776 e. The minimum Gasteiger partial charge on any atom is -0.301 e. The van der Waals surface area contributed by atoms with Gasteiger partial charge in [0.2, 0.25) is 0 Å². The second-order valence-corrected chi connectivity index (χ2v) is 6.47. The van der Waals surface area contributed by atoms with Gasteiger partial charge < -0.3 is 4.90 Å². The van der Waals surface area contributed by atoms with Crippen molar-refractivity contribution < 1.29 is 0 Å². The number of allylic oxidation sites excluding steroid dienone is 2. The first-order valence-electron chi connectivity index (χ1n) is 7.36. The molecule has 20 heavy (non-hydrogen) atoms. The normalized spacial score (nSPS) is 25.2. The molecular formula is C16H19N3S. The molecule has 4 rings (SSSR count). The summed E-state index contributed by atoms with van der Waals surface area (Å²) in [6, 6.07) is 2.67. The average Bonchev–Trinajstić information content (AvgIpc) is 3.05. The zero-order valence-electron chi connectivity index (χ0n) is 11.5. The van der Waals surface area contributed by atoms with Crippen molar-refractivity contribution in [3.63, 3.8) is 0 Å². The second kappa shape index (κ2) is 5.19. The van der Waals surface area contributed by atoms with Crippen LogP contribution in [0.4, 0.5) is 0 Å². The third-order valence-electron chi connectivity index (χ3n) is 4.48. The molecule has 2 aliphatic heterocycles. The van der Waals surface area contributed by atoms with Crippen LogP contribution < -0.4 is 0 Å². The van der Waals surface area contributed by atoms with E-state index in [1.165, 1.54) is 36.2 Å². The van der Waals surface area contributed by atoms with Crippen molar-refractivity contribution in [2.24, 2.45) is 5.10 Å². The lowest BCUT2D eigenvalue weighted by molar-refractivity contribution is 0.142. The maximum absolute atomic E-state index is 4.61. The first kappa shape index (κ1) is 12.4. The molecule has 0 spiro atoms. The van der Waals surface area contributed by atoms with E-state index < -0.39 is 0 Å². The van der Waals surface area contributed by atoms with Crippen LogP contribution >= 0.6 is 11.3 Å². The van der Waals surface area contributed by atoms with Crippen LogP contribution in [0, 0.1) is 0 Å². The highest BCUT2D eigenvalue weighted by Crippen LogP contribution is 2.33. The summed E-state index contributed by atoms with van der Waals surface area (Å²) in [5, 5.41) is 11.3. The molecule has 1 aromatic heterocycles. The summed E-state index contributed by atoms with van der Waals surface area (Å²) >= 11 is 1.77. The number of hydrogen-bond acceptors (Lipinski definition) is 4. The van der Waals surface area contributed by atoms with Crippen LogP contribution in [0.25, 0.3) is 5.57 Å². The zero-order chi connectivity index (χ0) is 13.4. The summed E-state index contributed by atoms with van der Waals surface area (Å²) < 4.78 is 0. The average molecular weight is 285 g/mol. The Morgan fingerprint density at radius 2 is 2.20 bits per heavy atom. The van der Waals surface area contributed by atoms with Gasteiger partial charge in [-0.3, -0.25) is 5.01 Å². The Kier molecular flexibility index (Phi) is 3.20. The summed E-state index contributed by atoms with van der Waals surface area (Å²) in [7, 11) is 0. The summed E-state index contributed by atoms with van der Waals surface area (Å²) in [5.41, 5.74) is 4.19. The molecule has 1 saturated heterocycles. The zero-order valence-corrected chi connectivity index (χ0v) is 12.4. The number of likely N-dealkylation sites (tertiary alicyclic amines) is 1. The van der Waals surface area contributed by atoms with Crippen LogP contribution in [0.3, 0.4) is 0 Å². The first-order chi connectivity index (χ1) is 9.90. The summed E-state index contributed by atoms with van der Waals surface area (Å²) in [5.74, 6) is 0. The van der Waals surface area contributed by atoms with Crippen LogP contribution in [0.15, 0.2) is 39.7 Å². The van der Waals surface area contributed by atoms with Crippen LogP contribution in [-0.2, 0) is 0 Å². The van der Waals surface area contributed by atoms with Crippen molar-refractivity contribution in [1.29, 1.82) is 0 Å². The maximum atomic E-state index is 4.61. The molecule has 0 aromatic carbocycles. The minimum absolute atomic E-state index is 0.455. The predicted octanol–water partition coefficient (Wildman–Crippen LogP) is 2.84. The quantitative estimate of drug-likeness (QED) is 0.847. The van der Waals surface area contributed by atoms with Crippen molar-refractivity contribution in [3.8, 4) is 0 Å². The summed E-state index contributed by atoms with van der Waals surface area (Å²) in [4.78, 5) is 2.51. The number of hydrazone groups is 1. The van der Waals surface area contributed by atoms with E-state index in [1.54, 1.807) is 11.3 Å². The Bertz CT molecular complexity index is 567. The lowest BCUT2D eigenvalue weighted by Gasteiger charge is -2.34. The second-order valence-electron chi connectivity index (χ2n) is 5.69. The SMILES string of the molecule is C1=NN(CCN2CCC2)C2CC(c3ccsc3)=CC=C12. The molecule has 1 fully saturated rings. The molecule has 4 heteroatoms. The Balaban J connectivity index is 1.45. The van der Waals surface area contributed by atoms with Gasteiger partial charge in [-0.1, -0.05) is 12.2 Å². The number of fused-ring (bicyclic) bond motifs is 1. The van der Waals surface area contributed by atoms with Gasteiger partial charge in [0.15, 0.2) is 0 Å². The third kappa shape index (κ3) is 2.23. The molecule has 3 heterocycles. The molecule has 104 valence electrons. The fourth-order valence-electron chi connectivity index (χ4n) is 3.05. The predicted molar refractivity (Wildman–Crippen MR) is 85.0 cm³/mol. The van der Waals surface area contributed by atoms with Crippen LogP contribution in [0.5, 0.6) is 0 Å². The maximum Gasteiger partial charge on any atom is 0.0776 e. The Labute approximate surface area is 123 Å². The highest BCUT2D eigenvalue weighted by atomic mass is 32.1. The van der Waals surface area contributed by atoms with Gasteiger partial charge in [0, 0.05) is 13.1 Å². The fourth-order valence-corrected chi connectivity index (χ4v) is 3.73.